The number of aliphatic carboxylic acids is 1. The molecule has 0 aliphatic carbocycles. The van der Waals surface area contributed by atoms with Crippen molar-refractivity contribution in [3.8, 4) is 5.75 Å². The maximum absolute atomic E-state index is 10.9. The van der Waals surface area contributed by atoms with Crippen LogP contribution in [0.3, 0.4) is 0 Å². The van der Waals surface area contributed by atoms with Crippen LogP contribution in [0.1, 0.15) is 18.4 Å². The molecule has 1 aliphatic rings. The highest BCUT2D eigenvalue weighted by molar-refractivity contribution is 7.98. The van der Waals surface area contributed by atoms with E-state index in [1.54, 1.807) is 18.9 Å². The van der Waals surface area contributed by atoms with Gasteiger partial charge in [0.05, 0.1) is 13.0 Å². The zero-order valence-electron chi connectivity index (χ0n) is 12.0. The Labute approximate surface area is 124 Å². The van der Waals surface area contributed by atoms with Crippen molar-refractivity contribution in [1.82, 2.24) is 4.90 Å². The molecule has 0 unspecified atom stereocenters. The summed E-state index contributed by atoms with van der Waals surface area (Å²) in [4.78, 5) is 14.4. The van der Waals surface area contributed by atoms with E-state index in [-0.39, 0.29) is 5.92 Å². The lowest BCUT2D eigenvalue weighted by Crippen LogP contribution is -2.35. The number of hydrogen-bond donors (Lipinski definition) is 1. The first-order chi connectivity index (χ1) is 9.63. The molecule has 1 aromatic carbocycles. The second-order valence-electron chi connectivity index (χ2n) is 5.08. The molecule has 20 heavy (non-hydrogen) atoms. The molecule has 110 valence electrons. The van der Waals surface area contributed by atoms with Gasteiger partial charge in [0.2, 0.25) is 0 Å². The molecule has 0 spiro atoms. The van der Waals surface area contributed by atoms with Gasteiger partial charge in [-0.2, -0.15) is 0 Å². The molecule has 1 saturated heterocycles. The van der Waals surface area contributed by atoms with Gasteiger partial charge < -0.3 is 9.84 Å². The highest BCUT2D eigenvalue weighted by atomic mass is 32.2. The summed E-state index contributed by atoms with van der Waals surface area (Å²) in [6.07, 6.45) is 3.53. The van der Waals surface area contributed by atoms with Gasteiger partial charge in [-0.15, -0.1) is 11.8 Å². The van der Waals surface area contributed by atoms with E-state index in [4.69, 9.17) is 9.84 Å². The number of rotatable bonds is 5. The topological polar surface area (TPSA) is 49.8 Å². The number of likely N-dealkylation sites (tertiary alicyclic amines) is 1. The minimum atomic E-state index is -0.657. The van der Waals surface area contributed by atoms with E-state index in [1.807, 2.05) is 6.26 Å². The van der Waals surface area contributed by atoms with E-state index in [9.17, 15) is 4.79 Å². The van der Waals surface area contributed by atoms with Crippen LogP contribution in [0.4, 0.5) is 0 Å². The number of nitrogens with zero attached hydrogens (tertiary/aromatic N) is 1. The second-order valence-corrected chi connectivity index (χ2v) is 5.93. The molecule has 1 aliphatic heterocycles. The maximum atomic E-state index is 10.9. The first kappa shape index (κ1) is 15.2. The summed E-state index contributed by atoms with van der Waals surface area (Å²) in [6, 6.07) is 6.29. The lowest BCUT2D eigenvalue weighted by atomic mass is 9.97. The van der Waals surface area contributed by atoms with E-state index in [0.29, 0.717) is 0 Å². The molecule has 1 fully saturated rings. The van der Waals surface area contributed by atoms with Gasteiger partial charge in [-0.3, -0.25) is 9.69 Å². The number of carbonyl (C=O) groups is 1. The Bertz CT molecular complexity index is 470. The summed E-state index contributed by atoms with van der Waals surface area (Å²) in [6.45, 7) is 2.56. The summed E-state index contributed by atoms with van der Waals surface area (Å²) < 4.78 is 5.40. The average molecular weight is 295 g/mol. The molecule has 0 saturated carbocycles. The van der Waals surface area contributed by atoms with E-state index in [0.717, 1.165) is 43.1 Å². The van der Waals surface area contributed by atoms with Crippen molar-refractivity contribution < 1.29 is 14.6 Å². The van der Waals surface area contributed by atoms with E-state index >= 15 is 0 Å². The van der Waals surface area contributed by atoms with Crippen molar-refractivity contribution in [3.63, 3.8) is 0 Å². The molecule has 4 nitrogen and oxygen atoms in total. The molecule has 2 rings (SSSR count). The Morgan fingerprint density at radius 1 is 1.45 bits per heavy atom. The standard InChI is InChI=1S/C15H21NO3S/c1-19-13-9-11(3-4-14(13)20-2)10-16-7-5-12(6-8-16)15(17)18/h3-4,9,12H,5-8,10H2,1-2H3,(H,17,18). The zero-order chi connectivity index (χ0) is 14.5. The van der Waals surface area contributed by atoms with Crippen molar-refractivity contribution in [3.05, 3.63) is 23.8 Å². The smallest absolute Gasteiger partial charge is 0.306 e. The predicted molar refractivity (Wildman–Crippen MR) is 80.4 cm³/mol. The third-order valence-corrected chi connectivity index (χ3v) is 4.57. The Balaban J connectivity index is 1.96. The van der Waals surface area contributed by atoms with Gasteiger partial charge in [-0.1, -0.05) is 6.07 Å². The van der Waals surface area contributed by atoms with Crippen LogP contribution in [0.25, 0.3) is 0 Å². The molecule has 0 radical (unpaired) electrons. The van der Waals surface area contributed by atoms with E-state index < -0.39 is 5.97 Å². The highest BCUT2D eigenvalue weighted by Crippen LogP contribution is 2.29. The summed E-state index contributed by atoms with van der Waals surface area (Å²) in [7, 11) is 1.69. The van der Waals surface area contributed by atoms with Crippen LogP contribution in [-0.2, 0) is 11.3 Å². The Hall–Kier alpha value is -1.20. The van der Waals surface area contributed by atoms with Crippen LogP contribution in [0.2, 0.25) is 0 Å². The van der Waals surface area contributed by atoms with Crippen LogP contribution in [0.15, 0.2) is 23.1 Å². The minimum Gasteiger partial charge on any atom is -0.496 e. The zero-order valence-corrected chi connectivity index (χ0v) is 12.8. The number of thioether (sulfide) groups is 1. The third-order valence-electron chi connectivity index (χ3n) is 3.79. The fourth-order valence-electron chi connectivity index (χ4n) is 2.58. The summed E-state index contributed by atoms with van der Waals surface area (Å²) in [5, 5.41) is 9.00. The molecule has 0 aromatic heterocycles. The Kier molecular flexibility index (Phi) is 5.31. The van der Waals surface area contributed by atoms with Gasteiger partial charge in [0.1, 0.15) is 5.75 Å². The highest BCUT2D eigenvalue weighted by Gasteiger charge is 2.24. The number of piperidine rings is 1. The van der Waals surface area contributed by atoms with Crippen molar-refractivity contribution >= 4 is 17.7 Å². The van der Waals surface area contributed by atoms with Gasteiger partial charge in [-0.05, 0) is 49.9 Å². The number of carboxylic acids is 1. The van der Waals surface area contributed by atoms with Crippen molar-refractivity contribution in [1.29, 1.82) is 0 Å². The summed E-state index contributed by atoms with van der Waals surface area (Å²) in [5.74, 6) is 0.0886. The molecule has 1 heterocycles. The number of carboxylic acid groups (broad SMARTS) is 1. The van der Waals surface area contributed by atoms with Crippen molar-refractivity contribution in [2.75, 3.05) is 26.5 Å². The Morgan fingerprint density at radius 3 is 2.70 bits per heavy atom. The third kappa shape index (κ3) is 3.67. The number of methoxy groups -OCH3 is 1. The molecule has 1 N–H and O–H groups in total. The molecule has 1 aromatic rings. The van der Waals surface area contributed by atoms with Gasteiger partial charge >= 0.3 is 5.97 Å². The largest absolute Gasteiger partial charge is 0.496 e. The number of ether oxygens (including phenoxy) is 1. The van der Waals surface area contributed by atoms with Crippen molar-refractivity contribution in [2.24, 2.45) is 5.92 Å². The first-order valence-corrected chi connectivity index (χ1v) is 8.02. The fourth-order valence-corrected chi connectivity index (χ4v) is 3.12. The molecule has 0 atom stereocenters. The molecule has 0 amide bonds. The normalized spacial score (nSPS) is 17.1. The molecule has 5 heteroatoms. The summed E-state index contributed by atoms with van der Waals surface area (Å²) >= 11 is 1.67. The maximum Gasteiger partial charge on any atom is 0.306 e. The van der Waals surface area contributed by atoms with Crippen LogP contribution in [0.5, 0.6) is 5.75 Å². The van der Waals surface area contributed by atoms with Gasteiger partial charge in [0, 0.05) is 11.4 Å². The average Bonchev–Trinajstić information content (AvgIpc) is 2.47. The second kappa shape index (κ2) is 6.99. The monoisotopic (exact) mass is 295 g/mol. The Morgan fingerprint density at radius 2 is 2.15 bits per heavy atom. The molecule has 0 bridgehead atoms. The predicted octanol–water partition coefficient (Wildman–Crippen LogP) is 2.71. The minimum absolute atomic E-state index is 0.167. The SMILES string of the molecule is COc1cc(CN2CCC(C(=O)O)CC2)ccc1SC. The first-order valence-electron chi connectivity index (χ1n) is 6.80. The van der Waals surface area contributed by atoms with E-state index in [2.05, 4.69) is 23.1 Å². The lowest BCUT2D eigenvalue weighted by molar-refractivity contribution is -0.143. The quantitative estimate of drug-likeness (QED) is 0.846. The molecular formula is C15H21NO3S. The summed E-state index contributed by atoms with van der Waals surface area (Å²) in [5.41, 5.74) is 1.22. The van der Waals surface area contributed by atoms with Gasteiger partial charge in [0.15, 0.2) is 0 Å². The van der Waals surface area contributed by atoms with Crippen molar-refractivity contribution in [2.45, 2.75) is 24.3 Å². The van der Waals surface area contributed by atoms with Crippen LogP contribution >= 0.6 is 11.8 Å². The van der Waals surface area contributed by atoms with Crippen LogP contribution < -0.4 is 4.74 Å². The number of benzene rings is 1. The van der Waals surface area contributed by atoms with Gasteiger partial charge in [-0.25, -0.2) is 0 Å². The lowest BCUT2D eigenvalue weighted by Gasteiger charge is -2.30. The van der Waals surface area contributed by atoms with Crippen LogP contribution in [0, 0.1) is 5.92 Å². The fraction of sp³-hybridized carbons (Fsp3) is 0.533. The van der Waals surface area contributed by atoms with Gasteiger partial charge in [0.25, 0.3) is 0 Å². The van der Waals surface area contributed by atoms with Crippen LogP contribution in [-0.4, -0.2) is 42.4 Å². The number of hydrogen-bond acceptors (Lipinski definition) is 4. The molecular weight excluding hydrogens is 274 g/mol. The van der Waals surface area contributed by atoms with E-state index in [1.165, 1.54) is 5.56 Å².